The predicted molar refractivity (Wildman–Crippen MR) is 120 cm³/mol. The first kappa shape index (κ1) is 22.5. The summed E-state index contributed by atoms with van der Waals surface area (Å²) in [5.74, 6) is -0.400. The van der Waals surface area contributed by atoms with Gasteiger partial charge in [-0.3, -0.25) is 4.79 Å². The van der Waals surface area contributed by atoms with E-state index < -0.39 is 10.0 Å². The number of nitrogens with zero attached hydrogens (tertiary/aromatic N) is 1. The molecule has 1 N–H and O–H groups in total. The van der Waals surface area contributed by atoms with E-state index in [1.54, 1.807) is 24.3 Å². The van der Waals surface area contributed by atoms with Crippen molar-refractivity contribution in [2.45, 2.75) is 57.9 Å². The molecule has 162 valence electrons. The van der Waals surface area contributed by atoms with Gasteiger partial charge in [0.05, 0.1) is 16.9 Å². The van der Waals surface area contributed by atoms with Crippen molar-refractivity contribution in [1.29, 1.82) is 0 Å². The second-order valence-electron chi connectivity index (χ2n) is 8.33. The summed E-state index contributed by atoms with van der Waals surface area (Å²) in [4.78, 5) is 13.3. The minimum atomic E-state index is -3.59. The Bertz CT molecular complexity index is 1000. The Morgan fingerprint density at radius 2 is 1.80 bits per heavy atom. The summed E-state index contributed by atoms with van der Waals surface area (Å²) in [7, 11) is -3.59. The lowest BCUT2D eigenvalue weighted by molar-refractivity contribution is -0.126. The van der Waals surface area contributed by atoms with Crippen LogP contribution < -0.4 is 5.32 Å². The Kier molecular flexibility index (Phi) is 6.98. The highest BCUT2D eigenvalue weighted by molar-refractivity contribution is 7.89. The third kappa shape index (κ3) is 4.93. The number of aryl methyl sites for hydroxylation is 3. The second-order valence-corrected chi connectivity index (χ2v) is 10.3. The number of carbonyl (C=O) groups excluding carboxylic acids is 1. The van der Waals surface area contributed by atoms with Gasteiger partial charge in [-0.15, -0.1) is 0 Å². The van der Waals surface area contributed by atoms with E-state index in [1.165, 1.54) is 15.4 Å². The quantitative estimate of drug-likeness (QED) is 0.747. The molecule has 0 aromatic heterocycles. The van der Waals surface area contributed by atoms with Crippen LogP contribution in [0, 0.1) is 26.7 Å². The molecule has 1 amide bonds. The Morgan fingerprint density at radius 3 is 2.43 bits per heavy atom. The topological polar surface area (TPSA) is 66.5 Å². The summed E-state index contributed by atoms with van der Waals surface area (Å²) in [6.07, 6.45) is 2.17. The molecule has 1 saturated heterocycles. The van der Waals surface area contributed by atoms with Crippen molar-refractivity contribution in [3.05, 3.63) is 64.7 Å². The van der Waals surface area contributed by atoms with Crippen LogP contribution in [0.25, 0.3) is 0 Å². The molecule has 1 aliphatic rings. The molecule has 2 aromatic carbocycles. The van der Waals surface area contributed by atoms with Crippen molar-refractivity contribution in [1.82, 2.24) is 9.62 Å². The van der Waals surface area contributed by atoms with Gasteiger partial charge in [-0.2, -0.15) is 4.31 Å². The second kappa shape index (κ2) is 9.31. The van der Waals surface area contributed by atoms with Crippen LogP contribution in [0.3, 0.4) is 0 Å². The number of rotatable bonds is 6. The van der Waals surface area contributed by atoms with E-state index in [2.05, 4.69) is 44.3 Å². The number of amides is 1. The van der Waals surface area contributed by atoms with E-state index in [9.17, 15) is 13.2 Å². The number of hydrogen-bond acceptors (Lipinski definition) is 3. The number of benzene rings is 2. The highest BCUT2D eigenvalue weighted by Gasteiger charge is 2.33. The van der Waals surface area contributed by atoms with Crippen molar-refractivity contribution in [3.63, 3.8) is 0 Å². The van der Waals surface area contributed by atoms with Crippen LogP contribution in [-0.2, 0) is 14.8 Å². The Hall–Kier alpha value is -2.18. The van der Waals surface area contributed by atoms with Gasteiger partial charge < -0.3 is 5.32 Å². The minimum Gasteiger partial charge on any atom is -0.349 e. The smallest absolute Gasteiger partial charge is 0.243 e. The molecule has 0 radical (unpaired) electrons. The molecule has 2 atom stereocenters. The van der Waals surface area contributed by atoms with E-state index >= 15 is 0 Å². The molecule has 0 aliphatic carbocycles. The molecule has 1 fully saturated rings. The van der Waals surface area contributed by atoms with Crippen molar-refractivity contribution < 1.29 is 13.2 Å². The van der Waals surface area contributed by atoms with Gasteiger partial charge in [0.15, 0.2) is 0 Å². The van der Waals surface area contributed by atoms with Crippen LogP contribution >= 0.6 is 0 Å². The fourth-order valence-electron chi connectivity index (χ4n) is 3.93. The first-order chi connectivity index (χ1) is 14.2. The predicted octanol–water partition coefficient (Wildman–Crippen LogP) is 4.28. The van der Waals surface area contributed by atoms with Crippen molar-refractivity contribution in [2.75, 3.05) is 13.1 Å². The lowest BCUT2D eigenvalue weighted by Gasteiger charge is -2.32. The molecule has 3 rings (SSSR count). The van der Waals surface area contributed by atoms with E-state index in [0.29, 0.717) is 19.4 Å². The SMILES string of the molecule is CC[C@H](NC(=O)[C@@H]1CCCN(S(=O)(=O)c2ccc(C)cc2)C1)c1ccc(C)c(C)c1. The van der Waals surface area contributed by atoms with Crippen molar-refractivity contribution in [3.8, 4) is 0 Å². The van der Waals surface area contributed by atoms with Crippen LogP contribution in [0.1, 0.15) is 54.5 Å². The average molecular weight is 429 g/mol. The highest BCUT2D eigenvalue weighted by Crippen LogP contribution is 2.26. The largest absolute Gasteiger partial charge is 0.349 e. The maximum Gasteiger partial charge on any atom is 0.243 e. The number of nitrogens with one attached hydrogen (secondary N) is 1. The molecule has 5 nitrogen and oxygen atoms in total. The van der Waals surface area contributed by atoms with Gasteiger partial charge in [-0.1, -0.05) is 42.8 Å². The molecule has 6 heteroatoms. The Labute approximate surface area is 180 Å². The Morgan fingerprint density at radius 1 is 1.10 bits per heavy atom. The van der Waals surface area contributed by atoms with Crippen LogP contribution in [0.5, 0.6) is 0 Å². The van der Waals surface area contributed by atoms with Crippen LogP contribution in [-0.4, -0.2) is 31.7 Å². The van der Waals surface area contributed by atoms with E-state index in [4.69, 9.17) is 0 Å². The zero-order valence-electron chi connectivity index (χ0n) is 18.3. The van der Waals surface area contributed by atoms with Crippen molar-refractivity contribution in [2.24, 2.45) is 5.92 Å². The lowest BCUT2D eigenvalue weighted by atomic mass is 9.96. The summed E-state index contributed by atoms with van der Waals surface area (Å²) in [5.41, 5.74) is 4.54. The zero-order valence-corrected chi connectivity index (χ0v) is 19.1. The maximum absolute atomic E-state index is 13.0. The monoisotopic (exact) mass is 428 g/mol. The van der Waals surface area contributed by atoms with Crippen molar-refractivity contribution >= 4 is 15.9 Å². The van der Waals surface area contributed by atoms with Crippen LogP contribution in [0.4, 0.5) is 0 Å². The molecule has 2 aromatic rings. The summed E-state index contributed by atoms with van der Waals surface area (Å²) in [6.45, 7) is 8.80. The number of piperidine rings is 1. The van der Waals surface area contributed by atoms with Crippen LogP contribution in [0.15, 0.2) is 47.4 Å². The van der Waals surface area contributed by atoms with Gasteiger partial charge in [0, 0.05) is 13.1 Å². The minimum absolute atomic E-state index is 0.0658. The standard InChI is InChI=1S/C24H32N2O3S/c1-5-23(20-11-10-18(3)19(4)15-20)25-24(27)21-7-6-14-26(16-21)30(28,29)22-12-8-17(2)9-13-22/h8-13,15,21,23H,5-7,14,16H2,1-4H3,(H,25,27)/t21-,23+/m1/s1. The van der Waals surface area contributed by atoms with Gasteiger partial charge in [0.25, 0.3) is 0 Å². The lowest BCUT2D eigenvalue weighted by Crippen LogP contribution is -2.46. The maximum atomic E-state index is 13.0. The molecular weight excluding hydrogens is 396 g/mol. The highest BCUT2D eigenvalue weighted by atomic mass is 32.2. The summed E-state index contributed by atoms with van der Waals surface area (Å²) in [5, 5.41) is 3.16. The molecule has 1 heterocycles. The Balaban J connectivity index is 1.71. The van der Waals surface area contributed by atoms with Gasteiger partial charge in [-0.05, 0) is 68.9 Å². The van der Waals surface area contributed by atoms with Gasteiger partial charge in [0.2, 0.25) is 15.9 Å². The number of sulfonamides is 1. The molecule has 1 aliphatic heterocycles. The molecular formula is C24H32N2O3S. The third-order valence-corrected chi connectivity index (χ3v) is 7.95. The molecule has 0 bridgehead atoms. The molecule has 0 unspecified atom stereocenters. The van der Waals surface area contributed by atoms with Gasteiger partial charge in [-0.25, -0.2) is 8.42 Å². The number of carbonyl (C=O) groups is 1. The van der Waals surface area contributed by atoms with E-state index in [1.807, 2.05) is 6.92 Å². The van der Waals surface area contributed by atoms with E-state index in [-0.39, 0.29) is 29.3 Å². The van der Waals surface area contributed by atoms with Crippen LogP contribution in [0.2, 0.25) is 0 Å². The van der Waals surface area contributed by atoms with Gasteiger partial charge >= 0.3 is 0 Å². The van der Waals surface area contributed by atoms with Gasteiger partial charge in [0.1, 0.15) is 0 Å². The first-order valence-corrected chi connectivity index (χ1v) is 12.1. The normalized spacial score (nSPS) is 18.7. The fraction of sp³-hybridized carbons (Fsp3) is 0.458. The summed E-state index contributed by atoms with van der Waals surface area (Å²) >= 11 is 0. The molecule has 0 spiro atoms. The van der Waals surface area contributed by atoms with E-state index in [0.717, 1.165) is 17.5 Å². The zero-order chi connectivity index (χ0) is 21.9. The number of hydrogen-bond donors (Lipinski definition) is 1. The third-order valence-electron chi connectivity index (χ3n) is 6.07. The first-order valence-electron chi connectivity index (χ1n) is 10.7. The molecule has 30 heavy (non-hydrogen) atoms. The summed E-state index contributed by atoms with van der Waals surface area (Å²) in [6, 6.07) is 13.1. The fourth-order valence-corrected chi connectivity index (χ4v) is 5.45. The molecule has 0 saturated carbocycles. The summed E-state index contributed by atoms with van der Waals surface area (Å²) < 4.78 is 27.5. The average Bonchev–Trinajstić information content (AvgIpc) is 2.74.